The quantitative estimate of drug-likeness (QED) is 0.730. The van der Waals surface area contributed by atoms with E-state index < -0.39 is 0 Å². The van der Waals surface area contributed by atoms with Gasteiger partial charge in [0.05, 0.1) is 6.61 Å². The molecule has 0 spiro atoms. The highest BCUT2D eigenvalue weighted by atomic mass is 32.2. The molecule has 0 aromatic heterocycles. The number of nitrogens with one attached hydrogen (secondary N) is 1. The molecule has 1 fully saturated rings. The van der Waals surface area contributed by atoms with Crippen LogP contribution in [0.5, 0.6) is 0 Å². The first-order valence-corrected chi connectivity index (χ1v) is 7.19. The second kappa shape index (κ2) is 6.17. The summed E-state index contributed by atoms with van der Waals surface area (Å²) in [5.74, 6) is 2.52. The van der Waals surface area contributed by atoms with E-state index in [9.17, 15) is 0 Å². The number of hydrogen-bond donors (Lipinski definition) is 2. The summed E-state index contributed by atoms with van der Waals surface area (Å²) in [6.45, 7) is 2.44. The molecule has 0 radical (unpaired) electrons. The van der Waals surface area contributed by atoms with Crippen molar-refractivity contribution >= 4 is 23.5 Å². The molecule has 1 heterocycles. The molecule has 1 aliphatic heterocycles. The fraction of sp³-hybridized carbons (Fsp3) is 1.00. The smallest absolute Gasteiger partial charge is 0.0564 e. The first-order valence-electron chi connectivity index (χ1n) is 4.75. The number of hydrogen-bond acceptors (Lipinski definition) is 4. The van der Waals surface area contributed by atoms with Crippen LogP contribution < -0.4 is 5.32 Å². The molecule has 2 nitrogen and oxygen atoms in total. The van der Waals surface area contributed by atoms with E-state index in [1.807, 2.05) is 11.8 Å². The largest absolute Gasteiger partial charge is 0.395 e. The van der Waals surface area contributed by atoms with Crippen LogP contribution in [0.25, 0.3) is 0 Å². The van der Waals surface area contributed by atoms with Gasteiger partial charge in [0.25, 0.3) is 0 Å². The van der Waals surface area contributed by atoms with Crippen molar-refractivity contribution in [2.45, 2.75) is 30.7 Å². The monoisotopic (exact) mass is 221 g/mol. The van der Waals surface area contributed by atoms with Crippen molar-refractivity contribution in [3.05, 3.63) is 0 Å². The Labute approximate surface area is 89.2 Å². The van der Waals surface area contributed by atoms with Crippen LogP contribution in [0.3, 0.4) is 0 Å². The lowest BCUT2D eigenvalue weighted by atomic mass is 10.2. The van der Waals surface area contributed by atoms with Gasteiger partial charge in [-0.3, -0.25) is 0 Å². The summed E-state index contributed by atoms with van der Waals surface area (Å²) in [6.07, 6.45) is 3.34. The summed E-state index contributed by atoms with van der Waals surface area (Å²) in [6, 6.07) is 1.09. The van der Waals surface area contributed by atoms with Crippen molar-refractivity contribution in [3.63, 3.8) is 0 Å². The predicted molar refractivity (Wildman–Crippen MR) is 62.7 cm³/mol. The summed E-state index contributed by atoms with van der Waals surface area (Å²) in [4.78, 5) is 0. The van der Waals surface area contributed by atoms with E-state index in [1.54, 1.807) is 11.8 Å². The number of aliphatic hydroxyl groups is 1. The lowest BCUT2D eigenvalue weighted by Crippen LogP contribution is -2.43. The minimum absolute atomic E-state index is 0.273. The Balaban J connectivity index is 2.25. The second-order valence-corrected chi connectivity index (χ2v) is 5.70. The molecule has 13 heavy (non-hydrogen) atoms. The molecular formula is C9H19NOS2. The van der Waals surface area contributed by atoms with Crippen molar-refractivity contribution in [1.82, 2.24) is 5.32 Å². The van der Waals surface area contributed by atoms with E-state index in [0.29, 0.717) is 17.3 Å². The van der Waals surface area contributed by atoms with Gasteiger partial charge in [0.15, 0.2) is 0 Å². The Hall–Kier alpha value is 0.620. The first-order chi connectivity index (χ1) is 6.27. The van der Waals surface area contributed by atoms with Crippen molar-refractivity contribution in [2.75, 3.05) is 24.4 Å². The maximum atomic E-state index is 9.10. The molecular weight excluding hydrogens is 202 g/mol. The molecule has 0 bridgehead atoms. The zero-order valence-electron chi connectivity index (χ0n) is 8.32. The van der Waals surface area contributed by atoms with Crippen LogP contribution in [0.15, 0.2) is 0 Å². The van der Waals surface area contributed by atoms with Crippen LogP contribution in [0.4, 0.5) is 0 Å². The van der Waals surface area contributed by atoms with Gasteiger partial charge in [-0.2, -0.15) is 23.5 Å². The van der Waals surface area contributed by atoms with Crippen LogP contribution in [-0.4, -0.2) is 46.8 Å². The summed E-state index contributed by atoms with van der Waals surface area (Å²) in [5.41, 5.74) is 0. The summed E-state index contributed by atoms with van der Waals surface area (Å²) in [5, 5.41) is 13.0. The molecule has 1 rings (SSSR count). The fourth-order valence-electron chi connectivity index (χ4n) is 1.58. The van der Waals surface area contributed by atoms with E-state index in [2.05, 4.69) is 18.5 Å². The highest BCUT2D eigenvalue weighted by Crippen LogP contribution is 2.19. The van der Waals surface area contributed by atoms with Gasteiger partial charge in [0, 0.05) is 23.1 Å². The molecule has 1 aliphatic rings. The molecule has 1 saturated heterocycles. The maximum absolute atomic E-state index is 9.10. The van der Waals surface area contributed by atoms with E-state index in [-0.39, 0.29) is 6.61 Å². The summed E-state index contributed by atoms with van der Waals surface area (Å²) < 4.78 is 0. The average molecular weight is 221 g/mol. The predicted octanol–water partition coefficient (Wildman–Crippen LogP) is 1.19. The Bertz CT molecular complexity index is 136. The SMILES string of the molecule is CSC(CO)C(C)NC1CCSC1. The summed E-state index contributed by atoms with van der Waals surface area (Å²) in [7, 11) is 0. The normalized spacial score (nSPS) is 27.5. The van der Waals surface area contributed by atoms with Gasteiger partial charge in [-0.25, -0.2) is 0 Å². The van der Waals surface area contributed by atoms with Gasteiger partial charge in [-0.1, -0.05) is 0 Å². The highest BCUT2D eigenvalue weighted by Gasteiger charge is 2.21. The Morgan fingerprint density at radius 2 is 2.46 bits per heavy atom. The lowest BCUT2D eigenvalue weighted by molar-refractivity contribution is 0.272. The topological polar surface area (TPSA) is 32.3 Å². The third-order valence-electron chi connectivity index (χ3n) is 2.47. The van der Waals surface area contributed by atoms with Crippen LogP contribution in [-0.2, 0) is 0 Å². The second-order valence-electron chi connectivity index (χ2n) is 3.47. The van der Waals surface area contributed by atoms with Crippen molar-refractivity contribution in [3.8, 4) is 0 Å². The Morgan fingerprint density at radius 1 is 1.69 bits per heavy atom. The van der Waals surface area contributed by atoms with Gasteiger partial charge < -0.3 is 10.4 Å². The van der Waals surface area contributed by atoms with Gasteiger partial charge in [-0.05, 0) is 25.4 Å². The molecule has 3 atom stereocenters. The maximum Gasteiger partial charge on any atom is 0.0564 e. The molecule has 2 N–H and O–H groups in total. The molecule has 0 aromatic rings. The molecule has 4 heteroatoms. The van der Waals surface area contributed by atoms with Gasteiger partial charge in [0.1, 0.15) is 0 Å². The molecule has 0 aromatic carbocycles. The zero-order valence-corrected chi connectivity index (χ0v) is 9.96. The lowest BCUT2D eigenvalue weighted by Gasteiger charge is -2.24. The molecule has 78 valence electrons. The Kier molecular flexibility index (Phi) is 5.55. The zero-order chi connectivity index (χ0) is 9.68. The molecule has 0 aliphatic carbocycles. The average Bonchev–Trinajstić information content (AvgIpc) is 2.59. The highest BCUT2D eigenvalue weighted by molar-refractivity contribution is 7.99. The van der Waals surface area contributed by atoms with E-state index in [1.165, 1.54) is 17.9 Å². The molecule has 0 saturated carbocycles. The molecule has 0 amide bonds. The minimum Gasteiger partial charge on any atom is -0.395 e. The van der Waals surface area contributed by atoms with Crippen molar-refractivity contribution in [2.24, 2.45) is 0 Å². The number of rotatable bonds is 5. The number of thioether (sulfide) groups is 2. The minimum atomic E-state index is 0.273. The fourth-order valence-corrected chi connectivity index (χ4v) is 3.38. The van der Waals surface area contributed by atoms with Gasteiger partial charge in [-0.15, -0.1) is 0 Å². The standard InChI is InChI=1S/C9H19NOS2/c1-7(9(5-11)12-2)10-8-3-4-13-6-8/h7-11H,3-6H2,1-2H3. The number of aliphatic hydroxyl groups excluding tert-OH is 1. The van der Waals surface area contributed by atoms with Crippen LogP contribution in [0, 0.1) is 0 Å². The first kappa shape index (κ1) is 11.7. The van der Waals surface area contributed by atoms with E-state index >= 15 is 0 Å². The van der Waals surface area contributed by atoms with Crippen molar-refractivity contribution in [1.29, 1.82) is 0 Å². The van der Waals surface area contributed by atoms with Gasteiger partial charge >= 0.3 is 0 Å². The Morgan fingerprint density at radius 3 is 2.92 bits per heavy atom. The van der Waals surface area contributed by atoms with E-state index in [4.69, 9.17) is 5.11 Å². The molecule has 3 unspecified atom stereocenters. The van der Waals surface area contributed by atoms with Gasteiger partial charge in [0.2, 0.25) is 0 Å². The van der Waals surface area contributed by atoms with Crippen molar-refractivity contribution < 1.29 is 5.11 Å². The third kappa shape index (κ3) is 3.70. The van der Waals surface area contributed by atoms with E-state index in [0.717, 1.165) is 0 Å². The van der Waals surface area contributed by atoms with Crippen LogP contribution >= 0.6 is 23.5 Å². The van der Waals surface area contributed by atoms with Crippen LogP contribution in [0.1, 0.15) is 13.3 Å². The summed E-state index contributed by atoms with van der Waals surface area (Å²) >= 11 is 3.76. The van der Waals surface area contributed by atoms with Crippen LogP contribution in [0.2, 0.25) is 0 Å². The third-order valence-corrected chi connectivity index (χ3v) is 4.79.